The SMILES string of the molecule is CCCCCCCCCNC(N)=NCC1CCCO1. The first-order valence-electron chi connectivity index (χ1n) is 7.98. The third kappa shape index (κ3) is 8.87. The molecule has 0 amide bonds. The second-order valence-corrected chi connectivity index (χ2v) is 5.41. The summed E-state index contributed by atoms with van der Waals surface area (Å²) in [4.78, 5) is 4.32. The summed E-state index contributed by atoms with van der Waals surface area (Å²) in [6.45, 7) is 4.78. The van der Waals surface area contributed by atoms with Crippen LogP contribution in [-0.4, -0.2) is 31.8 Å². The van der Waals surface area contributed by atoms with Gasteiger partial charge in [0.15, 0.2) is 5.96 Å². The van der Waals surface area contributed by atoms with Crippen LogP contribution < -0.4 is 11.1 Å². The van der Waals surface area contributed by atoms with Gasteiger partial charge in [-0.15, -0.1) is 0 Å². The zero-order valence-corrected chi connectivity index (χ0v) is 12.5. The van der Waals surface area contributed by atoms with Gasteiger partial charge in [0, 0.05) is 13.2 Å². The molecule has 0 aliphatic carbocycles. The standard InChI is InChI=1S/C15H31N3O/c1-2-3-4-5-6-7-8-11-17-15(16)18-13-14-10-9-12-19-14/h14H,2-13H2,1H3,(H3,16,17,18). The summed E-state index contributed by atoms with van der Waals surface area (Å²) < 4.78 is 5.50. The van der Waals surface area contributed by atoms with E-state index in [9.17, 15) is 0 Å². The van der Waals surface area contributed by atoms with E-state index in [1.54, 1.807) is 0 Å². The maximum Gasteiger partial charge on any atom is 0.188 e. The molecular formula is C15H31N3O. The van der Waals surface area contributed by atoms with Gasteiger partial charge in [-0.25, -0.2) is 0 Å². The highest BCUT2D eigenvalue weighted by Crippen LogP contribution is 2.11. The smallest absolute Gasteiger partial charge is 0.188 e. The molecule has 4 heteroatoms. The van der Waals surface area contributed by atoms with E-state index in [0.29, 0.717) is 18.6 Å². The molecule has 1 atom stereocenters. The largest absolute Gasteiger partial charge is 0.376 e. The van der Waals surface area contributed by atoms with Crippen molar-refractivity contribution in [1.82, 2.24) is 5.32 Å². The second-order valence-electron chi connectivity index (χ2n) is 5.41. The van der Waals surface area contributed by atoms with Gasteiger partial charge >= 0.3 is 0 Å². The number of nitrogens with zero attached hydrogens (tertiary/aromatic N) is 1. The maximum absolute atomic E-state index is 5.82. The summed E-state index contributed by atoms with van der Waals surface area (Å²) in [6.07, 6.45) is 11.8. The molecule has 0 aromatic carbocycles. The Morgan fingerprint density at radius 2 is 1.95 bits per heavy atom. The lowest BCUT2D eigenvalue weighted by molar-refractivity contribution is 0.118. The van der Waals surface area contributed by atoms with Gasteiger partial charge in [0.25, 0.3) is 0 Å². The Morgan fingerprint density at radius 1 is 1.21 bits per heavy atom. The molecule has 0 radical (unpaired) electrons. The Bertz CT molecular complexity index is 238. The minimum atomic E-state index is 0.291. The third-order valence-electron chi connectivity index (χ3n) is 3.58. The van der Waals surface area contributed by atoms with Gasteiger partial charge in [-0.3, -0.25) is 4.99 Å². The number of aliphatic imine (C=N–C) groups is 1. The van der Waals surface area contributed by atoms with E-state index in [1.807, 2.05) is 0 Å². The molecule has 1 unspecified atom stereocenters. The maximum atomic E-state index is 5.82. The quantitative estimate of drug-likeness (QED) is 0.364. The number of guanidine groups is 1. The first-order valence-corrected chi connectivity index (χ1v) is 7.98. The minimum absolute atomic E-state index is 0.291. The van der Waals surface area contributed by atoms with Crippen LogP contribution in [-0.2, 0) is 4.74 Å². The van der Waals surface area contributed by atoms with Crippen LogP contribution in [0.25, 0.3) is 0 Å². The van der Waals surface area contributed by atoms with E-state index >= 15 is 0 Å². The van der Waals surface area contributed by atoms with Gasteiger partial charge in [0.2, 0.25) is 0 Å². The van der Waals surface area contributed by atoms with Crippen LogP contribution in [0.2, 0.25) is 0 Å². The molecule has 1 aliphatic heterocycles. The molecule has 1 saturated heterocycles. The molecular weight excluding hydrogens is 238 g/mol. The van der Waals surface area contributed by atoms with Gasteiger partial charge in [-0.2, -0.15) is 0 Å². The van der Waals surface area contributed by atoms with Crippen molar-refractivity contribution in [3.8, 4) is 0 Å². The van der Waals surface area contributed by atoms with Crippen molar-refractivity contribution in [2.75, 3.05) is 19.7 Å². The average molecular weight is 269 g/mol. The van der Waals surface area contributed by atoms with Crippen LogP contribution >= 0.6 is 0 Å². The molecule has 3 N–H and O–H groups in total. The van der Waals surface area contributed by atoms with Gasteiger partial charge in [-0.05, 0) is 19.3 Å². The molecule has 1 heterocycles. The van der Waals surface area contributed by atoms with Crippen molar-refractivity contribution >= 4 is 5.96 Å². The Kier molecular flexibility index (Phi) is 9.51. The molecule has 1 aliphatic rings. The van der Waals surface area contributed by atoms with Crippen LogP contribution in [0.5, 0.6) is 0 Å². The fourth-order valence-corrected chi connectivity index (χ4v) is 2.34. The molecule has 0 bridgehead atoms. The topological polar surface area (TPSA) is 59.6 Å². The van der Waals surface area contributed by atoms with Crippen molar-refractivity contribution < 1.29 is 4.74 Å². The van der Waals surface area contributed by atoms with Crippen molar-refractivity contribution in [3.63, 3.8) is 0 Å². The highest BCUT2D eigenvalue weighted by atomic mass is 16.5. The van der Waals surface area contributed by atoms with E-state index in [2.05, 4.69) is 17.2 Å². The molecule has 1 fully saturated rings. The normalized spacial score (nSPS) is 19.8. The van der Waals surface area contributed by atoms with E-state index in [-0.39, 0.29) is 0 Å². The van der Waals surface area contributed by atoms with Gasteiger partial charge in [-0.1, -0.05) is 45.4 Å². The molecule has 1 rings (SSSR count). The van der Waals surface area contributed by atoms with Crippen molar-refractivity contribution in [2.45, 2.75) is 70.8 Å². The van der Waals surface area contributed by atoms with Gasteiger partial charge in [0.05, 0.1) is 12.6 Å². The number of ether oxygens (including phenoxy) is 1. The molecule has 4 nitrogen and oxygen atoms in total. The summed E-state index contributed by atoms with van der Waals surface area (Å²) in [7, 11) is 0. The summed E-state index contributed by atoms with van der Waals surface area (Å²) >= 11 is 0. The first-order chi connectivity index (χ1) is 9.33. The lowest BCUT2D eigenvalue weighted by atomic mass is 10.1. The van der Waals surface area contributed by atoms with Gasteiger partial charge in [0.1, 0.15) is 0 Å². The summed E-state index contributed by atoms with van der Waals surface area (Å²) in [5, 5.41) is 3.18. The second kappa shape index (κ2) is 11.1. The number of nitrogens with one attached hydrogen (secondary N) is 1. The summed E-state index contributed by atoms with van der Waals surface area (Å²) in [6, 6.07) is 0. The number of hydrogen-bond acceptors (Lipinski definition) is 2. The van der Waals surface area contributed by atoms with Gasteiger partial charge < -0.3 is 15.8 Å². The summed E-state index contributed by atoms with van der Waals surface area (Å²) in [5.74, 6) is 0.571. The fraction of sp³-hybridized carbons (Fsp3) is 0.933. The van der Waals surface area contributed by atoms with E-state index < -0.39 is 0 Å². The van der Waals surface area contributed by atoms with Crippen LogP contribution in [0.3, 0.4) is 0 Å². The Morgan fingerprint density at radius 3 is 2.63 bits per heavy atom. The predicted molar refractivity (Wildman–Crippen MR) is 81.5 cm³/mol. The van der Waals surface area contributed by atoms with Crippen LogP contribution in [0.15, 0.2) is 4.99 Å². The lowest BCUT2D eigenvalue weighted by Gasteiger charge is -2.08. The molecule has 19 heavy (non-hydrogen) atoms. The molecule has 0 aromatic rings. The Balaban J connectivity index is 1.88. The zero-order chi connectivity index (χ0) is 13.8. The fourth-order valence-electron chi connectivity index (χ4n) is 2.34. The molecule has 0 aromatic heterocycles. The predicted octanol–water partition coefficient (Wildman–Crippen LogP) is 2.82. The number of nitrogens with two attached hydrogens (primary N) is 1. The zero-order valence-electron chi connectivity index (χ0n) is 12.5. The van der Waals surface area contributed by atoms with E-state index in [4.69, 9.17) is 10.5 Å². The third-order valence-corrected chi connectivity index (χ3v) is 3.58. The Labute approximate surface area is 118 Å². The lowest BCUT2D eigenvalue weighted by Crippen LogP contribution is -2.33. The van der Waals surface area contributed by atoms with E-state index in [1.165, 1.54) is 44.9 Å². The van der Waals surface area contributed by atoms with Crippen LogP contribution in [0.1, 0.15) is 64.7 Å². The molecule has 112 valence electrons. The summed E-state index contributed by atoms with van der Waals surface area (Å²) in [5.41, 5.74) is 5.82. The Hall–Kier alpha value is -0.770. The van der Waals surface area contributed by atoms with Crippen LogP contribution in [0, 0.1) is 0 Å². The minimum Gasteiger partial charge on any atom is -0.376 e. The monoisotopic (exact) mass is 269 g/mol. The number of hydrogen-bond donors (Lipinski definition) is 2. The van der Waals surface area contributed by atoms with Crippen molar-refractivity contribution in [2.24, 2.45) is 10.7 Å². The number of rotatable bonds is 10. The highest BCUT2D eigenvalue weighted by molar-refractivity contribution is 5.77. The van der Waals surface area contributed by atoms with E-state index in [0.717, 1.165) is 26.0 Å². The van der Waals surface area contributed by atoms with Crippen molar-refractivity contribution in [1.29, 1.82) is 0 Å². The highest BCUT2D eigenvalue weighted by Gasteiger charge is 2.14. The molecule has 0 saturated carbocycles. The first kappa shape index (κ1) is 16.3. The van der Waals surface area contributed by atoms with Crippen LogP contribution in [0.4, 0.5) is 0 Å². The number of unbranched alkanes of at least 4 members (excludes halogenated alkanes) is 6. The average Bonchev–Trinajstić information content (AvgIpc) is 2.93. The van der Waals surface area contributed by atoms with Crippen molar-refractivity contribution in [3.05, 3.63) is 0 Å². The molecule has 0 spiro atoms.